The Hall–Kier alpha value is -4.45. The van der Waals surface area contributed by atoms with Crippen LogP contribution in [-0.4, -0.2) is 37.2 Å². The first-order valence-corrected chi connectivity index (χ1v) is 27.2. The lowest BCUT2D eigenvalue weighted by Crippen LogP contribution is -2.30. The largest absolute Gasteiger partial charge is 0.462 e. The van der Waals surface area contributed by atoms with E-state index >= 15 is 0 Å². The monoisotopic (exact) mass is 939 g/mol. The summed E-state index contributed by atoms with van der Waals surface area (Å²) in [6, 6.07) is 0. The zero-order chi connectivity index (χ0) is 49.3. The minimum Gasteiger partial charge on any atom is -0.462 e. The summed E-state index contributed by atoms with van der Waals surface area (Å²) in [5, 5.41) is 0. The highest BCUT2D eigenvalue weighted by Crippen LogP contribution is 2.12. The van der Waals surface area contributed by atoms with Gasteiger partial charge >= 0.3 is 17.9 Å². The number of unbranched alkanes of at least 4 members (excludes halogenated alkanes) is 14. The molecule has 68 heavy (non-hydrogen) atoms. The average molecular weight is 939 g/mol. The van der Waals surface area contributed by atoms with E-state index in [1.807, 2.05) is 0 Å². The molecule has 0 bridgehead atoms. The van der Waals surface area contributed by atoms with E-state index in [4.69, 9.17) is 14.2 Å². The van der Waals surface area contributed by atoms with Crippen molar-refractivity contribution in [1.82, 2.24) is 0 Å². The number of hydrogen-bond acceptors (Lipinski definition) is 6. The Kier molecular flexibility index (Phi) is 51.5. The molecule has 0 amide bonds. The lowest BCUT2D eigenvalue weighted by molar-refractivity contribution is -0.167. The summed E-state index contributed by atoms with van der Waals surface area (Å²) in [6.45, 7) is 6.29. The first kappa shape index (κ1) is 63.5. The van der Waals surface area contributed by atoms with Gasteiger partial charge in [-0.15, -0.1) is 0 Å². The van der Waals surface area contributed by atoms with E-state index in [1.54, 1.807) is 0 Å². The fourth-order valence-electron chi connectivity index (χ4n) is 6.85. The van der Waals surface area contributed by atoms with Crippen LogP contribution in [0.1, 0.15) is 220 Å². The Morgan fingerprint density at radius 1 is 0.309 bits per heavy atom. The van der Waals surface area contributed by atoms with Crippen LogP contribution < -0.4 is 0 Å². The summed E-state index contributed by atoms with van der Waals surface area (Å²) in [5.41, 5.74) is 0. The van der Waals surface area contributed by atoms with Crippen molar-refractivity contribution in [2.24, 2.45) is 0 Å². The number of esters is 3. The molecule has 0 fully saturated rings. The maximum absolute atomic E-state index is 12.8. The SMILES string of the molecule is CC/C=C\C/C=C\C/C=C\C/C=C\CCCCCCCCC(=O)OCC(COC(=O)CCCCCC/C=C\C/C=C\C/C=C\CC)OC(=O)CCC/C=C\C/C=C\C/C=C\C/C=C\CCCCC. The van der Waals surface area contributed by atoms with E-state index < -0.39 is 6.10 Å². The first-order chi connectivity index (χ1) is 33.5. The van der Waals surface area contributed by atoms with E-state index in [0.717, 1.165) is 135 Å². The van der Waals surface area contributed by atoms with Crippen LogP contribution in [-0.2, 0) is 28.6 Å². The Morgan fingerprint density at radius 3 is 0.941 bits per heavy atom. The molecule has 0 aromatic carbocycles. The third-order valence-corrected chi connectivity index (χ3v) is 10.9. The molecule has 0 heterocycles. The number of ether oxygens (including phenoxy) is 3. The zero-order valence-corrected chi connectivity index (χ0v) is 43.6. The summed E-state index contributed by atoms with van der Waals surface area (Å²) in [6.07, 6.45) is 77.2. The van der Waals surface area contributed by atoms with Crippen molar-refractivity contribution in [2.45, 2.75) is 226 Å². The van der Waals surface area contributed by atoms with Crippen LogP contribution in [0.4, 0.5) is 0 Å². The van der Waals surface area contributed by atoms with E-state index in [-0.39, 0.29) is 37.5 Å². The molecule has 0 aromatic rings. The first-order valence-electron chi connectivity index (χ1n) is 27.2. The van der Waals surface area contributed by atoms with Crippen LogP contribution in [0.25, 0.3) is 0 Å². The summed E-state index contributed by atoms with van der Waals surface area (Å²) in [7, 11) is 0. The molecule has 0 spiro atoms. The highest BCUT2D eigenvalue weighted by atomic mass is 16.6. The van der Waals surface area contributed by atoms with Gasteiger partial charge in [0.2, 0.25) is 0 Å². The minimum absolute atomic E-state index is 0.120. The number of carbonyl (C=O) groups excluding carboxylic acids is 3. The van der Waals surface area contributed by atoms with Crippen LogP contribution in [0.2, 0.25) is 0 Å². The zero-order valence-electron chi connectivity index (χ0n) is 43.6. The molecule has 0 N–H and O–H groups in total. The van der Waals surface area contributed by atoms with Crippen LogP contribution in [0.3, 0.4) is 0 Å². The molecule has 0 saturated carbocycles. The molecule has 0 aliphatic carbocycles. The van der Waals surface area contributed by atoms with Crippen molar-refractivity contribution in [2.75, 3.05) is 13.2 Å². The van der Waals surface area contributed by atoms with Crippen molar-refractivity contribution in [1.29, 1.82) is 0 Å². The predicted octanol–water partition coefficient (Wildman–Crippen LogP) is 18.3. The summed E-state index contributed by atoms with van der Waals surface area (Å²) < 4.78 is 16.8. The Morgan fingerprint density at radius 2 is 0.588 bits per heavy atom. The van der Waals surface area contributed by atoms with Gasteiger partial charge in [-0.25, -0.2) is 0 Å². The molecular weight excluding hydrogens is 841 g/mol. The second kappa shape index (κ2) is 55.1. The minimum atomic E-state index is -0.827. The number of allylic oxidation sites excluding steroid dienone is 22. The van der Waals surface area contributed by atoms with Crippen LogP contribution in [0.15, 0.2) is 134 Å². The van der Waals surface area contributed by atoms with Crippen molar-refractivity contribution in [3.8, 4) is 0 Å². The molecule has 0 radical (unpaired) electrons. The smallest absolute Gasteiger partial charge is 0.306 e. The van der Waals surface area contributed by atoms with Gasteiger partial charge in [-0.3, -0.25) is 14.4 Å². The normalized spacial score (nSPS) is 13.2. The molecule has 0 aromatic heterocycles. The predicted molar refractivity (Wildman–Crippen MR) is 292 cm³/mol. The third-order valence-electron chi connectivity index (χ3n) is 10.9. The molecule has 6 nitrogen and oxygen atoms in total. The van der Waals surface area contributed by atoms with Gasteiger partial charge in [0.25, 0.3) is 0 Å². The second-order valence-electron chi connectivity index (χ2n) is 17.4. The fraction of sp³-hybridized carbons (Fsp3) is 0.597. The van der Waals surface area contributed by atoms with Crippen LogP contribution in [0, 0.1) is 0 Å². The fourth-order valence-corrected chi connectivity index (χ4v) is 6.85. The molecular formula is C62H98O6. The number of hydrogen-bond donors (Lipinski definition) is 0. The molecule has 1 atom stereocenters. The quantitative estimate of drug-likeness (QED) is 0.0262. The molecule has 1 unspecified atom stereocenters. The average Bonchev–Trinajstić information content (AvgIpc) is 3.34. The van der Waals surface area contributed by atoms with Crippen molar-refractivity contribution in [3.63, 3.8) is 0 Å². The molecule has 0 aliphatic rings. The van der Waals surface area contributed by atoms with Gasteiger partial charge in [0.15, 0.2) is 6.10 Å². The molecule has 0 rings (SSSR count). The molecule has 382 valence electrons. The highest BCUT2D eigenvalue weighted by Gasteiger charge is 2.19. The molecule has 6 heteroatoms. The molecule has 0 saturated heterocycles. The van der Waals surface area contributed by atoms with E-state index in [9.17, 15) is 14.4 Å². The van der Waals surface area contributed by atoms with Gasteiger partial charge < -0.3 is 14.2 Å². The Labute approximate surface area is 417 Å². The van der Waals surface area contributed by atoms with Gasteiger partial charge in [0.05, 0.1) is 0 Å². The van der Waals surface area contributed by atoms with Gasteiger partial charge in [-0.1, -0.05) is 206 Å². The van der Waals surface area contributed by atoms with E-state index in [1.165, 1.54) is 38.5 Å². The topological polar surface area (TPSA) is 78.9 Å². The Balaban J connectivity index is 4.55. The van der Waals surface area contributed by atoms with Crippen molar-refractivity contribution >= 4 is 17.9 Å². The maximum atomic E-state index is 12.8. The lowest BCUT2D eigenvalue weighted by atomic mass is 10.1. The van der Waals surface area contributed by atoms with E-state index in [2.05, 4.69) is 154 Å². The maximum Gasteiger partial charge on any atom is 0.306 e. The summed E-state index contributed by atoms with van der Waals surface area (Å²) >= 11 is 0. The van der Waals surface area contributed by atoms with E-state index in [0.29, 0.717) is 19.3 Å². The standard InChI is InChI=1S/C62H98O6/c1-4-7-10-13-16-19-22-25-28-30-31-33-34-37-40-43-46-49-52-55-61(64)67-58-59(57-66-60(63)54-51-48-45-42-39-36-27-24-21-18-15-12-9-6-3)68-62(65)56-53-50-47-44-41-38-35-32-29-26-23-20-17-14-11-8-5-2/h7,9-10,12,16-21,25-29,31,33,35-36,38,44,47,59H,4-6,8,11,13-15,22-24,30,32,34,37,39-43,45-46,48-58H2,1-3H3/b10-7-,12-9-,19-16-,20-17-,21-18-,28-25-,29-26-,33-31-,36-27-,38-35-,47-44-. The van der Waals surface area contributed by atoms with Gasteiger partial charge in [-0.2, -0.15) is 0 Å². The van der Waals surface area contributed by atoms with Crippen LogP contribution in [0.5, 0.6) is 0 Å². The molecule has 0 aliphatic heterocycles. The van der Waals surface area contributed by atoms with Crippen molar-refractivity contribution < 1.29 is 28.6 Å². The second-order valence-corrected chi connectivity index (χ2v) is 17.4. The number of carbonyl (C=O) groups is 3. The number of rotatable bonds is 47. The summed E-state index contributed by atoms with van der Waals surface area (Å²) in [4.78, 5) is 38.1. The van der Waals surface area contributed by atoms with Gasteiger partial charge in [-0.05, 0) is 128 Å². The van der Waals surface area contributed by atoms with Crippen LogP contribution >= 0.6 is 0 Å². The van der Waals surface area contributed by atoms with Crippen molar-refractivity contribution in [3.05, 3.63) is 134 Å². The Bertz CT molecular complexity index is 1500. The lowest BCUT2D eigenvalue weighted by Gasteiger charge is -2.18. The highest BCUT2D eigenvalue weighted by molar-refractivity contribution is 5.71. The van der Waals surface area contributed by atoms with Gasteiger partial charge in [0, 0.05) is 19.3 Å². The third kappa shape index (κ3) is 52.5. The van der Waals surface area contributed by atoms with Gasteiger partial charge in [0.1, 0.15) is 13.2 Å². The summed E-state index contributed by atoms with van der Waals surface area (Å²) in [5.74, 6) is -1.02.